The average molecular weight is 437 g/mol. The molecule has 3 aromatic carbocycles. The summed E-state index contributed by atoms with van der Waals surface area (Å²) in [7, 11) is 0. The highest BCUT2D eigenvalue weighted by Crippen LogP contribution is 2.30. The van der Waals surface area contributed by atoms with E-state index >= 15 is 0 Å². The number of nitrogens with two attached hydrogens (primary N) is 1. The maximum absolute atomic E-state index is 14.4. The Morgan fingerprint density at radius 3 is 2.22 bits per heavy atom. The number of nitrogen functional groups attached to an aromatic ring is 1. The van der Waals surface area contributed by atoms with Crippen LogP contribution in [0.2, 0.25) is 0 Å². The Morgan fingerprint density at radius 2 is 1.62 bits per heavy atom. The third kappa shape index (κ3) is 5.98. The highest BCUT2D eigenvalue weighted by atomic mass is 19.2. The Balaban J connectivity index is 1.66. The van der Waals surface area contributed by atoms with Crippen LogP contribution in [0.15, 0.2) is 72.8 Å². The molecular weight excluding hydrogens is 413 g/mol. The van der Waals surface area contributed by atoms with Crippen LogP contribution in [0.4, 0.5) is 26.3 Å². The van der Waals surface area contributed by atoms with Crippen molar-refractivity contribution in [3.63, 3.8) is 0 Å². The van der Waals surface area contributed by atoms with Gasteiger partial charge in [0.15, 0.2) is 0 Å². The fourth-order valence-electron chi connectivity index (χ4n) is 2.72. The number of rotatable bonds is 5. The topological polar surface area (TPSA) is 93.9 Å². The van der Waals surface area contributed by atoms with Crippen LogP contribution >= 0.6 is 0 Å². The molecule has 7 nitrogen and oxygen atoms in total. The van der Waals surface area contributed by atoms with Gasteiger partial charge in [0, 0.05) is 11.3 Å². The first-order chi connectivity index (χ1) is 15.1. The maximum Gasteiger partial charge on any atom is 0.412 e. The van der Waals surface area contributed by atoms with Crippen molar-refractivity contribution in [3.8, 4) is 11.5 Å². The van der Waals surface area contributed by atoms with Crippen LogP contribution < -0.4 is 20.9 Å². The number of nitrogens with zero attached hydrogens (tertiary/aromatic N) is 1. The number of anilines is 3. The van der Waals surface area contributed by atoms with E-state index in [1.807, 2.05) is 0 Å². The van der Waals surface area contributed by atoms with E-state index in [2.05, 4.69) is 5.32 Å². The van der Waals surface area contributed by atoms with Crippen molar-refractivity contribution in [2.75, 3.05) is 16.2 Å². The number of ether oxygens (including phenoxy) is 2. The largest absolute Gasteiger partial charge is 0.455 e. The number of carbonyl (C=O) groups excluding carboxylic acids is 2. The second-order valence-corrected chi connectivity index (χ2v) is 7.93. The van der Waals surface area contributed by atoms with Crippen LogP contribution in [-0.4, -0.2) is 17.6 Å². The highest BCUT2D eigenvalue weighted by molar-refractivity contribution is 6.05. The fraction of sp³-hybridized carbons (Fsp3) is 0.167. The van der Waals surface area contributed by atoms with Crippen LogP contribution in [0.1, 0.15) is 31.1 Å². The molecule has 32 heavy (non-hydrogen) atoms. The van der Waals surface area contributed by atoms with E-state index in [1.54, 1.807) is 63.2 Å². The molecule has 0 aliphatic heterocycles. The molecule has 0 saturated heterocycles. The zero-order valence-electron chi connectivity index (χ0n) is 18.0. The Bertz CT molecular complexity index is 1100. The third-order valence-corrected chi connectivity index (χ3v) is 4.15. The summed E-state index contributed by atoms with van der Waals surface area (Å²) in [6.07, 6.45) is -0.562. The van der Waals surface area contributed by atoms with E-state index in [1.165, 1.54) is 30.3 Å². The van der Waals surface area contributed by atoms with Crippen molar-refractivity contribution < 1.29 is 23.5 Å². The number of amides is 2. The van der Waals surface area contributed by atoms with Crippen molar-refractivity contribution in [2.24, 2.45) is 0 Å². The van der Waals surface area contributed by atoms with E-state index in [9.17, 15) is 14.1 Å². The lowest BCUT2D eigenvalue weighted by Crippen LogP contribution is -2.27. The molecule has 0 unspecified atom stereocenters. The van der Waals surface area contributed by atoms with Crippen molar-refractivity contribution in [1.29, 1.82) is 0 Å². The van der Waals surface area contributed by atoms with Gasteiger partial charge < -0.3 is 15.2 Å². The van der Waals surface area contributed by atoms with E-state index in [0.29, 0.717) is 17.2 Å². The normalized spacial score (nSPS) is 10.9. The lowest BCUT2D eigenvalue weighted by molar-refractivity contribution is 0.0635. The van der Waals surface area contributed by atoms with Gasteiger partial charge >= 0.3 is 6.09 Å². The monoisotopic (exact) mass is 437 g/mol. The summed E-state index contributed by atoms with van der Waals surface area (Å²) in [6.45, 7) is 5.33. The molecule has 0 fully saturated rings. The molecule has 0 aliphatic carbocycles. The first-order valence-corrected chi connectivity index (χ1v) is 9.85. The van der Waals surface area contributed by atoms with Crippen molar-refractivity contribution in [1.82, 2.24) is 0 Å². The minimum absolute atomic E-state index is 0.0612. The van der Waals surface area contributed by atoms with Crippen molar-refractivity contribution in [3.05, 3.63) is 78.4 Å². The quantitative estimate of drug-likeness (QED) is 0.381. The average Bonchev–Trinajstić information content (AvgIpc) is 2.74. The molecule has 0 radical (unpaired) electrons. The molecule has 0 saturated carbocycles. The summed E-state index contributed by atoms with van der Waals surface area (Å²) in [5.74, 6) is -0.0755. The molecule has 2 amide bonds. The zero-order valence-corrected chi connectivity index (χ0v) is 18.0. The molecule has 3 aromatic rings. The minimum atomic E-state index is -0.841. The molecule has 3 rings (SSSR count). The summed E-state index contributed by atoms with van der Waals surface area (Å²) in [5, 5.41) is 2.69. The van der Waals surface area contributed by atoms with Crippen LogP contribution in [0.5, 0.6) is 11.5 Å². The maximum atomic E-state index is 14.4. The van der Waals surface area contributed by atoms with Gasteiger partial charge in [-0.25, -0.2) is 4.79 Å². The van der Waals surface area contributed by atoms with E-state index in [4.69, 9.17) is 15.2 Å². The minimum Gasteiger partial charge on any atom is -0.455 e. The predicted molar refractivity (Wildman–Crippen MR) is 122 cm³/mol. The molecule has 0 heterocycles. The summed E-state index contributed by atoms with van der Waals surface area (Å²) < 4.78 is 25.3. The van der Waals surface area contributed by atoms with Crippen LogP contribution in [0.25, 0.3) is 0 Å². The van der Waals surface area contributed by atoms with Crippen LogP contribution in [-0.2, 0) is 4.74 Å². The number of halogens is 1. The number of hydrogen-bond acceptors (Lipinski definition) is 5. The molecule has 166 valence electrons. The van der Waals surface area contributed by atoms with E-state index < -0.39 is 17.6 Å². The number of para-hydroxylation sites is 1. The standard InChI is InChI=1S/C24H24FN3O4/c1-24(2,3)32-23(30)27-17-10-12-19(13-11-17)31-21-14-9-16(15-20(21)26)22(29)28(25)18-7-5-4-6-8-18/h4-15H,26H2,1-3H3,(H,27,30). The van der Waals surface area contributed by atoms with Gasteiger partial charge in [-0.3, -0.25) is 10.1 Å². The summed E-state index contributed by atoms with van der Waals surface area (Å²) in [5.41, 5.74) is 6.32. The Labute approximate surface area is 185 Å². The van der Waals surface area contributed by atoms with E-state index in [-0.39, 0.29) is 22.1 Å². The lowest BCUT2D eigenvalue weighted by atomic mass is 10.1. The molecular formula is C24H24FN3O4. The molecule has 0 atom stereocenters. The van der Waals surface area contributed by atoms with Gasteiger partial charge in [0.25, 0.3) is 5.91 Å². The predicted octanol–water partition coefficient (Wildman–Crippen LogP) is 5.94. The zero-order chi connectivity index (χ0) is 23.3. The van der Waals surface area contributed by atoms with Gasteiger partial charge in [-0.2, -0.15) is 0 Å². The van der Waals surface area contributed by atoms with Crippen LogP contribution in [0, 0.1) is 0 Å². The van der Waals surface area contributed by atoms with E-state index in [0.717, 1.165) is 0 Å². The summed E-state index contributed by atoms with van der Waals surface area (Å²) >= 11 is 0. The van der Waals surface area contributed by atoms with Crippen molar-refractivity contribution >= 4 is 29.1 Å². The second-order valence-electron chi connectivity index (χ2n) is 7.93. The van der Waals surface area contributed by atoms with Gasteiger partial charge in [0.1, 0.15) is 17.1 Å². The SMILES string of the molecule is CC(C)(C)OC(=O)Nc1ccc(Oc2ccc(C(=O)N(F)c3ccccc3)cc2N)cc1. The number of nitrogens with one attached hydrogen (secondary N) is 1. The summed E-state index contributed by atoms with van der Waals surface area (Å²) in [6, 6.07) is 18.8. The van der Waals surface area contributed by atoms with Gasteiger partial charge in [0.05, 0.1) is 11.4 Å². The Morgan fingerprint density at radius 1 is 0.969 bits per heavy atom. The number of hydrogen-bond donors (Lipinski definition) is 2. The second kappa shape index (κ2) is 9.38. The molecule has 0 bridgehead atoms. The molecule has 0 spiro atoms. The van der Waals surface area contributed by atoms with Gasteiger partial charge in [0.2, 0.25) is 0 Å². The van der Waals surface area contributed by atoms with Crippen LogP contribution in [0.3, 0.4) is 0 Å². The molecule has 0 aliphatic rings. The van der Waals surface area contributed by atoms with Crippen molar-refractivity contribution in [2.45, 2.75) is 26.4 Å². The van der Waals surface area contributed by atoms with Gasteiger partial charge in [-0.1, -0.05) is 22.7 Å². The summed E-state index contributed by atoms with van der Waals surface area (Å²) in [4.78, 5) is 24.2. The smallest absolute Gasteiger partial charge is 0.412 e. The highest BCUT2D eigenvalue weighted by Gasteiger charge is 2.19. The molecule has 0 aromatic heterocycles. The Kier molecular flexibility index (Phi) is 6.63. The fourth-order valence-corrected chi connectivity index (χ4v) is 2.72. The number of carbonyl (C=O) groups is 2. The molecule has 8 heteroatoms. The first-order valence-electron chi connectivity index (χ1n) is 9.85. The van der Waals surface area contributed by atoms with Gasteiger partial charge in [-0.05, 0) is 75.4 Å². The Hall–Kier alpha value is -4.07. The lowest BCUT2D eigenvalue weighted by Gasteiger charge is -2.19. The third-order valence-electron chi connectivity index (χ3n) is 4.15. The molecule has 3 N–H and O–H groups in total. The van der Waals surface area contributed by atoms with Gasteiger partial charge in [-0.15, -0.1) is 5.12 Å². The number of benzene rings is 3. The first kappa shape index (κ1) is 22.6.